The van der Waals surface area contributed by atoms with Gasteiger partial charge >= 0.3 is 0 Å². The maximum absolute atomic E-state index is 13.6. The van der Waals surface area contributed by atoms with Gasteiger partial charge in [0.05, 0.1) is 10.0 Å². The molecule has 2 rings (SSSR count). The number of rotatable bonds is 3. The number of benzene rings is 2. The van der Waals surface area contributed by atoms with Crippen LogP contribution in [0.1, 0.15) is 17.2 Å². The molecule has 0 aliphatic carbocycles. The molecule has 0 heterocycles. The van der Waals surface area contributed by atoms with Crippen LogP contribution in [-0.2, 0) is 6.42 Å². The molecule has 0 aromatic heterocycles. The molecule has 0 amide bonds. The van der Waals surface area contributed by atoms with Gasteiger partial charge in [-0.25, -0.2) is 8.78 Å². The summed E-state index contributed by atoms with van der Waals surface area (Å²) in [5.74, 6) is -1.03. The van der Waals surface area contributed by atoms with E-state index in [0.717, 1.165) is 23.8 Å². The predicted octanol–water partition coefficient (Wildman–Crippen LogP) is 4.51. The van der Waals surface area contributed by atoms with Crippen molar-refractivity contribution in [2.75, 3.05) is 0 Å². The average molecular weight is 302 g/mol. The first-order chi connectivity index (χ1) is 8.97. The molecule has 0 aliphatic heterocycles. The Morgan fingerprint density at radius 3 is 2.42 bits per heavy atom. The highest BCUT2D eigenvalue weighted by atomic mass is 35.5. The molecule has 2 aromatic carbocycles. The number of halogens is 4. The van der Waals surface area contributed by atoms with E-state index in [9.17, 15) is 8.78 Å². The van der Waals surface area contributed by atoms with Gasteiger partial charge in [0.15, 0.2) is 0 Å². The third-order valence-corrected chi connectivity index (χ3v) is 3.54. The van der Waals surface area contributed by atoms with Crippen LogP contribution in [0, 0.1) is 11.6 Å². The fourth-order valence-electron chi connectivity index (χ4n) is 1.83. The summed E-state index contributed by atoms with van der Waals surface area (Å²) < 4.78 is 26.7. The fraction of sp³-hybridized carbons (Fsp3) is 0.143. The van der Waals surface area contributed by atoms with Gasteiger partial charge in [-0.15, -0.1) is 0 Å². The second-order valence-electron chi connectivity index (χ2n) is 4.22. The molecule has 0 saturated heterocycles. The second kappa shape index (κ2) is 5.87. The lowest BCUT2D eigenvalue weighted by atomic mass is 9.99. The third-order valence-electron chi connectivity index (χ3n) is 2.80. The summed E-state index contributed by atoms with van der Waals surface area (Å²) in [5, 5.41) is 0.849. The van der Waals surface area contributed by atoms with Gasteiger partial charge in [0.2, 0.25) is 0 Å². The van der Waals surface area contributed by atoms with Gasteiger partial charge in [0.1, 0.15) is 11.6 Å². The SMILES string of the molecule is NC(Cc1ccc(Cl)c(Cl)c1)c1cc(F)ccc1F. The lowest BCUT2D eigenvalue weighted by Crippen LogP contribution is -2.15. The minimum absolute atomic E-state index is 0.145. The van der Waals surface area contributed by atoms with Crippen molar-refractivity contribution in [3.8, 4) is 0 Å². The summed E-state index contributed by atoms with van der Waals surface area (Å²) in [6.45, 7) is 0. The van der Waals surface area contributed by atoms with Crippen LogP contribution in [-0.4, -0.2) is 0 Å². The van der Waals surface area contributed by atoms with Crippen LogP contribution < -0.4 is 5.73 Å². The fourth-order valence-corrected chi connectivity index (χ4v) is 2.15. The predicted molar refractivity (Wildman–Crippen MR) is 73.5 cm³/mol. The number of nitrogens with two attached hydrogens (primary N) is 1. The molecule has 0 aliphatic rings. The highest BCUT2D eigenvalue weighted by Crippen LogP contribution is 2.26. The van der Waals surface area contributed by atoms with Crippen LogP contribution in [0.4, 0.5) is 8.78 Å². The Labute approximate surface area is 119 Å². The average Bonchev–Trinajstić information content (AvgIpc) is 2.36. The number of hydrogen-bond donors (Lipinski definition) is 1. The molecule has 0 spiro atoms. The largest absolute Gasteiger partial charge is 0.324 e. The van der Waals surface area contributed by atoms with Crippen molar-refractivity contribution in [3.05, 3.63) is 69.2 Å². The van der Waals surface area contributed by atoms with Gasteiger partial charge in [0, 0.05) is 11.6 Å². The van der Waals surface area contributed by atoms with Gasteiger partial charge in [0.25, 0.3) is 0 Å². The Kier molecular flexibility index (Phi) is 4.40. The summed E-state index contributed by atoms with van der Waals surface area (Å²) in [5.41, 5.74) is 6.86. The van der Waals surface area contributed by atoms with Crippen LogP contribution in [0.25, 0.3) is 0 Å². The smallest absolute Gasteiger partial charge is 0.128 e. The summed E-state index contributed by atoms with van der Waals surface area (Å²) in [6, 6.07) is 7.66. The minimum atomic E-state index is -0.645. The maximum atomic E-state index is 13.6. The third kappa shape index (κ3) is 3.44. The molecule has 1 nitrogen and oxygen atoms in total. The first kappa shape index (κ1) is 14.3. The van der Waals surface area contributed by atoms with E-state index in [1.54, 1.807) is 18.2 Å². The van der Waals surface area contributed by atoms with Gasteiger partial charge in [-0.2, -0.15) is 0 Å². The topological polar surface area (TPSA) is 26.0 Å². The zero-order valence-corrected chi connectivity index (χ0v) is 11.3. The zero-order valence-electron chi connectivity index (χ0n) is 9.84. The molecule has 0 bridgehead atoms. The van der Waals surface area contributed by atoms with E-state index in [2.05, 4.69) is 0 Å². The molecule has 2 N–H and O–H groups in total. The Balaban J connectivity index is 2.22. The summed E-state index contributed by atoms with van der Waals surface area (Å²) in [7, 11) is 0. The lowest BCUT2D eigenvalue weighted by molar-refractivity contribution is 0.561. The molecule has 0 saturated carbocycles. The van der Waals surface area contributed by atoms with Gasteiger partial charge in [-0.05, 0) is 42.3 Å². The Morgan fingerprint density at radius 1 is 1.00 bits per heavy atom. The summed E-state index contributed by atoms with van der Waals surface area (Å²) in [6.07, 6.45) is 0.345. The van der Waals surface area contributed by atoms with Gasteiger partial charge in [-0.3, -0.25) is 0 Å². The molecule has 0 fully saturated rings. The van der Waals surface area contributed by atoms with E-state index >= 15 is 0 Å². The van der Waals surface area contributed by atoms with Crippen LogP contribution in [0.3, 0.4) is 0 Å². The Hall–Kier alpha value is -1.16. The molecule has 1 atom stereocenters. The highest BCUT2D eigenvalue weighted by Gasteiger charge is 2.13. The molecule has 100 valence electrons. The molecule has 0 radical (unpaired) electrons. The second-order valence-corrected chi connectivity index (χ2v) is 5.04. The molecule has 19 heavy (non-hydrogen) atoms. The van der Waals surface area contributed by atoms with Gasteiger partial charge in [-0.1, -0.05) is 29.3 Å². The normalized spacial score (nSPS) is 12.5. The van der Waals surface area contributed by atoms with E-state index in [4.69, 9.17) is 28.9 Å². The molecule has 5 heteroatoms. The van der Waals surface area contributed by atoms with Crippen molar-refractivity contribution in [1.29, 1.82) is 0 Å². The van der Waals surface area contributed by atoms with Crippen molar-refractivity contribution < 1.29 is 8.78 Å². The monoisotopic (exact) mass is 301 g/mol. The summed E-state index contributed by atoms with van der Waals surface area (Å²) >= 11 is 11.7. The van der Waals surface area contributed by atoms with Crippen LogP contribution >= 0.6 is 23.2 Å². The van der Waals surface area contributed by atoms with Crippen LogP contribution in [0.15, 0.2) is 36.4 Å². The molecule has 1 unspecified atom stereocenters. The Bertz CT molecular complexity index is 602. The quantitative estimate of drug-likeness (QED) is 0.886. The lowest BCUT2D eigenvalue weighted by Gasteiger charge is -2.13. The number of hydrogen-bond acceptors (Lipinski definition) is 1. The Morgan fingerprint density at radius 2 is 1.74 bits per heavy atom. The van der Waals surface area contributed by atoms with Crippen molar-refractivity contribution in [1.82, 2.24) is 0 Å². The van der Waals surface area contributed by atoms with Crippen molar-refractivity contribution in [3.63, 3.8) is 0 Å². The minimum Gasteiger partial charge on any atom is -0.324 e. The highest BCUT2D eigenvalue weighted by molar-refractivity contribution is 6.42. The first-order valence-electron chi connectivity index (χ1n) is 5.62. The maximum Gasteiger partial charge on any atom is 0.128 e. The molecular weight excluding hydrogens is 291 g/mol. The van der Waals surface area contributed by atoms with Crippen molar-refractivity contribution in [2.24, 2.45) is 5.73 Å². The molecule has 2 aromatic rings. The summed E-state index contributed by atoms with van der Waals surface area (Å²) in [4.78, 5) is 0. The van der Waals surface area contributed by atoms with Crippen LogP contribution in [0.5, 0.6) is 0 Å². The van der Waals surface area contributed by atoms with E-state index in [1.165, 1.54) is 0 Å². The van der Waals surface area contributed by atoms with Crippen LogP contribution in [0.2, 0.25) is 10.0 Å². The van der Waals surface area contributed by atoms with E-state index < -0.39 is 17.7 Å². The zero-order chi connectivity index (χ0) is 14.0. The van der Waals surface area contributed by atoms with Gasteiger partial charge < -0.3 is 5.73 Å². The van der Waals surface area contributed by atoms with Crippen molar-refractivity contribution >= 4 is 23.2 Å². The molecular formula is C14H11Cl2F2N. The van der Waals surface area contributed by atoms with Crippen molar-refractivity contribution in [2.45, 2.75) is 12.5 Å². The standard InChI is InChI=1S/C14H11Cl2F2N/c15-11-3-1-8(5-12(11)16)6-14(19)10-7-9(17)2-4-13(10)18/h1-5,7,14H,6,19H2. The van der Waals surface area contributed by atoms with E-state index in [0.29, 0.717) is 16.5 Å². The first-order valence-corrected chi connectivity index (χ1v) is 6.37. The van der Waals surface area contributed by atoms with E-state index in [-0.39, 0.29) is 5.56 Å². The van der Waals surface area contributed by atoms with E-state index in [1.807, 2.05) is 0 Å².